The first-order chi connectivity index (χ1) is 33.4. The van der Waals surface area contributed by atoms with Crippen LogP contribution in [0.1, 0.15) is 314 Å². The Morgan fingerprint density at radius 1 is 0.232 bits per heavy atom. The molecule has 0 fully saturated rings. The number of carbonyl (C=O) groups excluding carboxylic acids is 4. The second-order valence-electron chi connectivity index (χ2n) is 19.6. The molecule has 0 bridgehead atoms. The van der Waals surface area contributed by atoms with Gasteiger partial charge in [-0.1, -0.05) is 0 Å². The van der Waals surface area contributed by atoms with Crippen LogP contribution in [0, 0.1) is 0 Å². The molecule has 0 atom stereocenters. The molecule has 0 aromatic rings. The molecule has 9 heteroatoms. The van der Waals surface area contributed by atoms with Gasteiger partial charge in [0.25, 0.3) is 0 Å². The summed E-state index contributed by atoms with van der Waals surface area (Å²) >= 11 is -6.60. The Balaban J connectivity index is 9.09. The summed E-state index contributed by atoms with van der Waals surface area (Å²) < 4.78 is 27.0. The van der Waals surface area contributed by atoms with Crippen LogP contribution in [0.15, 0.2) is 44.6 Å². The molecule has 0 radical (unpaired) electrons. The van der Waals surface area contributed by atoms with Crippen LogP contribution in [0.5, 0.6) is 0 Å². The van der Waals surface area contributed by atoms with Crippen molar-refractivity contribution in [3.05, 3.63) is 44.6 Å². The second kappa shape index (κ2) is 43.2. The van der Waals surface area contributed by atoms with Gasteiger partial charge in [0.1, 0.15) is 0 Å². The molecular formula is C60H108O8Sn. The summed E-state index contributed by atoms with van der Waals surface area (Å²) in [6, 6.07) is 0. The third-order valence-electron chi connectivity index (χ3n) is 13.3. The van der Waals surface area contributed by atoms with Gasteiger partial charge < -0.3 is 0 Å². The number of hydrogen-bond donors (Lipinski definition) is 0. The van der Waals surface area contributed by atoms with E-state index >= 15 is 19.2 Å². The van der Waals surface area contributed by atoms with Crippen molar-refractivity contribution in [1.82, 2.24) is 0 Å². The summed E-state index contributed by atoms with van der Waals surface area (Å²) in [5, 5.41) is 0. The molecule has 0 spiro atoms. The van der Waals surface area contributed by atoms with Gasteiger partial charge in [-0.2, -0.15) is 0 Å². The van der Waals surface area contributed by atoms with E-state index in [1.807, 2.05) is 0 Å². The Kier molecular flexibility index (Phi) is 41.8. The van der Waals surface area contributed by atoms with Crippen molar-refractivity contribution in [3.8, 4) is 0 Å². The first-order valence-electron chi connectivity index (χ1n) is 29.2. The van der Waals surface area contributed by atoms with Gasteiger partial charge in [-0.25, -0.2) is 0 Å². The summed E-state index contributed by atoms with van der Waals surface area (Å²) in [6.07, 6.45) is 29.2. The van der Waals surface area contributed by atoms with Crippen LogP contribution >= 0.6 is 0 Å². The van der Waals surface area contributed by atoms with Crippen LogP contribution in [-0.4, -0.2) is 43.9 Å². The number of unbranched alkanes of at least 4 members (excludes halogenated alkanes) is 12. The van der Waals surface area contributed by atoms with Crippen molar-refractivity contribution in [1.29, 1.82) is 0 Å². The van der Waals surface area contributed by atoms with Gasteiger partial charge in [-0.05, 0) is 0 Å². The Hall–Kier alpha value is -2.36. The zero-order valence-corrected chi connectivity index (χ0v) is 50.1. The fraction of sp³-hybridized carbons (Fsp3) is 0.800. The van der Waals surface area contributed by atoms with Gasteiger partial charge in [0.15, 0.2) is 0 Å². The fourth-order valence-corrected chi connectivity index (χ4v) is 13.5. The maximum absolute atomic E-state index is 15.4. The standard InChI is InChI=1S/4C15H28O2.Sn/c4*1-4-7-10-13(11-8-5-2)14(15(16)17)12-9-6-3;/h4*4-12H2,1-3H3,(H,16,17);/q;;;;+4/p-4. The molecule has 0 heterocycles. The van der Waals surface area contributed by atoms with E-state index in [4.69, 9.17) is 12.3 Å². The fourth-order valence-electron chi connectivity index (χ4n) is 8.76. The van der Waals surface area contributed by atoms with Gasteiger partial charge in [-0.15, -0.1) is 0 Å². The number of hydrogen-bond acceptors (Lipinski definition) is 8. The van der Waals surface area contributed by atoms with E-state index in [-0.39, 0.29) is 0 Å². The van der Waals surface area contributed by atoms with Gasteiger partial charge in [0.05, 0.1) is 0 Å². The Bertz CT molecular complexity index is 1280. The van der Waals surface area contributed by atoms with E-state index in [0.717, 1.165) is 228 Å². The molecule has 0 rings (SSSR count). The number of carbonyl (C=O) groups is 4. The average Bonchev–Trinajstić information content (AvgIpc) is 3.33. The summed E-state index contributed by atoms with van der Waals surface area (Å²) in [5.41, 5.74) is 6.27. The van der Waals surface area contributed by atoms with Crippen molar-refractivity contribution >= 4 is 43.9 Å². The molecule has 0 saturated heterocycles. The minimum absolute atomic E-state index is 0.468. The normalized spacial score (nSPS) is 11.2. The summed E-state index contributed by atoms with van der Waals surface area (Å²) in [6.45, 7) is 25.6. The molecule has 8 nitrogen and oxygen atoms in total. The third kappa shape index (κ3) is 27.9. The van der Waals surface area contributed by atoms with E-state index in [0.29, 0.717) is 48.0 Å². The van der Waals surface area contributed by atoms with E-state index in [1.165, 1.54) is 0 Å². The van der Waals surface area contributed by atoms with Crippen LogP contribution in [0.4, 0.5) is 0 Å². The second-order valence-corrected chi connectivity index (χ2v) is 24.8. The molecule has 0 aliphatic rings. The Morgan fingerprint density at radius 3 is 0.493 bits per heavy atom. The van der Waals surface area contributed by atoms with Crippen LogP contribution in [0.25, 0.3) is 0 Å². The van der Waals surface area contributed by atoms with Crippen LogP contribution < -0.4 is 0 Å². The molecule has 0 N–H and O–H groups in total. The van der Waals surface area contributed by atoms with Crippen molar-refractivity contribution in [2.24, 2.45) is 0 Å². The molecule has 0 unspecified atom stereocenters. The maximum atomic E-state index is 15.4. The molecule has 400 valence electrons. The van der Waals surface area contributed by atoms with Crippen molar-refractivity contribution < 1.29 is 31.5 Å². The van der Waals surface area contributed by atoms with Crippen molar-refractivity contribution in [2.45, 2.75) is 314 Å². The predicted octanol–water partition coefficient (Wildman–Crippen LogP) is 19.1. The van der Waals surface area contributed by atoms with Crippen molar-refractivity contribution in [3.63, 3.8) is 0 Å². The van der Waals surface area contributed by atoms with E-state index < -0.39 is 43.9 Å². The minimum atomic E-state index is -6.60. The predicted molar refractivity (Wildman–Crippen MR) is 293 cm³/mol. The molecule has 0 amide bonds. The molecular weight excluding hydrogens is 967 g/mol. The van der Waals surface area contributed by atoms with Gasteiger partial charge in [-0.3, -0.25) is 0 Å². The van der Waals surface area contributed by atoms with Crippen LogP contribution in [-0.2, 0) is 31.5 Å². The first-order valence-corrected chi connectivity index (χ1v) is 33.8. The topological polar surface area (TPSA) is 105 Å². The quantitative estimate of drug-likeness (QED) is 0.0439. The Morgan fingerprint density at radius 2 is 0.362 bits per heavy atom. The van der Waals surface area contributed by atoms with Gasteiger partial charge >= 0.3 is 434 Å². The SMILES string of the molecule is CCCCC(CCCC)=C(CCCC)C(=O)[O][Sn]([O]C(=O)C(CCCC)=C(CCCC)CCCC)([O]C(=O)C(CCCC)=C(CCCC)CCCC)[O]C(=O)C(CCCC)=C(CCCC)CCCC. The van der Waals surface area contributed by atoms with Gasteiger partial charge in [0.2, 0.25) is 0 Å². The van der Waals surface area contributed by atoms with Gasteiger partial charge in [0, 0.05) is 0 Å². The zero-order chi connectivity index (χ0) is 51.7. The Labute approximate surface area is 431 Å². The molecule has 0 aliphatic heterocycles. The molecule has 0 aromatic carbocycles. The van der Waals surface area contributed by atoms with E-state index in [2.05, 4.69) is 83.1 Å². The van der Waals surface area contributed by atoms with E-state index in [1.54, 1.807) is 0 Å². The van der Waals surface area contributed by atoms with Crippen LogP contribution in [0.2, 0.25) is 0 Å². The molecule has 0 saturated carbocycles. The first kappa shape index (κ1) is 66.6. The number of allylic oxidation sites excluding steroid dienone is 4. The van der Waals surface area contributed by atoms with Crippen LogP contribution in [0.3, 0.4) is 0 Å². The zero-order valence-electron chi connectivity index (χ0n) is 47.2. The number of rotatable bonds is 44. The summed E-state index contributed by atoms with van der Waals surface area (Å²) in [5.74, 6) is -2.73. The molecule has 0 aliphatic carbocycles. The van der Waals surface area contributed by atoms with Crippen molar-refractivity contribution in [2.75, 3.05) is 0 Å². The average molecular weight is 1080 g/mol. The molecule has 0 aromatic heterocycles. The third-order valence-corrected chi connectivity index (χ3v) is 18.3. The summed E-state index contributed by atoms with van der Waals surface area (Å²) in [4.78, 5) is 61.7. The summed E-state index contributed by atoms with van der Waals surface area (Å²) in [7, 11) is 0. The van der Waals surface area contributed by atoms with E-state index in [9.17, 15) is 0 Å². The monoisotopic (exact) mass is 1080 g/mol. The molecule has 69 heavy (non-hydrogen) atoms.